The lowest BCUT2D eigenvalue weighted by molar-refractivity contribution is -0.254. The van der Waals surface area contributed by atoms with Crippen molar-refractivity contribution in [1.29, 1.82) is 0 Å². The Morgan fingerprint density at radius 1 is 1.06 bits per heavy atom. The molecule has 3 fully saturated rings. The minimum Gasteiger partial charge on any atom is -0.481 e. The summed E-state index contributed by atoms with van der Waals surface area (Å²) in [5, 5.41) is 1.10. The van der Waals surface area contributed by atoms with Gasteiger partial charge in [0, 0.05) is 50.6 Å². The van der Waals surface area contributed by atoms with E-state index < -0.39 is 23.3 Å². The molecule has 2 bridgehead atoms. The molecule has 1 aromatic heterocycles. The summed E-state index contributed by atoms with van der Waals surface area (Å²) in [6.45, 7) is 1.63. The number of carbonyl (C=O) groups is 1. The number of benzene rings is 2. The number of H-pyrrole nitrogens is 1. The highest BCUT2D eigenvalue weighted by atomic mass is 19.4. The number of hydrogen-bond acceptors (Lipinski definition) is 4. The van der Waals surface area contributed by atoms with Crippen LogP contribution in [0.3, 0.4) is 0 Å². The predicted octanol–water partition coefficient (Wildman–Crippen LogP) is 4.46. The van der Waals surface area contributed by atoms with Gasteiger partial charge in [-0.15, -0.1) is 0 Å². The van der Waals surface area contributed by atoms with Gasteiger partial charge in [-0.1, -0.05) is 12.1 Å². The minimum absolute atomic E-state index is 0.333. The number of piperidine rings is 3. The van der Waals surface area contributed by atoms with Crippen LogP contribution in [0.2, 0.25) is 0 Å². The van der Waals surface area contributed by atoms with Crippen molar-refractivity contribution in [2.45, 2.75) is 36.6 Å². The molecule has 3 saturated heterocycles. The summed E-state index contributed by atoms with van der Waals surface area (Å²) in [5.41, 5.74) is 1.75. The van der Waals surface area contributed by atoms with Crippen molar-refractivity contribution >= 4 is 16.9 Å². The minimum atomic E-state index is -5.03. The Hall–Kier alpha value is -3.00. The molecular formula is C24H21F3N2O3. The Morgan fingerprint density at radius 2 is 1.81 bits per heavy atom. The fourth-order valence-electron chi connectivity index (χ4n) is 5.59. The van der Waals surface area contributed by atoms with Crippen molar-refractivity contribution in [3.8, 4) is 16.9 Å². The number of aromatic amines is 1. The monoisotopic (exact) mass is 442 g/mol. The summed E-state index contributed by atoms with van der Waals surface area (Å²) < 4.78 is 50.8. The standard InChI is InChI=1S/C24H21F3N2O3/c25-24(26,27)21(30)32-22-6-9-29(10-7-22)14-23(22)13-18-12-16(2-4-20(18)31-23)15-1-3-19-17(11-15)5-8-28-19/h1-5,8,11-12,28H,6-7,9-10,13-14H2. The van der Waals surface area contributed by atoms with Crippen molar-refractivity contribution in [1.82, 2.24) is 9.88 Å². The van der Waals surface area contributed by atoms with Crippen LogP contribution in [0.1, 0.15) is 18.4 Å². The molecule has 4 aliphatic rings. The van der Waals surface area contributed by atoms with E-state index in [1.54, 1.807) is 0 Å². The Balaban J connectivity index is 1.35. The molecule has 0 aliphatic carbocycles. The van der Waals surface area contributed by atoms with E-state index in [4.69, 9.17) is 9.47 Å². The molecule has 5 heterocycles. The van der Waals surface area contributed by atoms with Crippen molar-refractivity contribution in [3.05, 3.63) is 54.2 Å². The number of ether oxygens (including phenoxy) is 2. The second-order valence-electron chi connectivity index (χ2n) is 9.03. The Labute approximate surface area is 182 Å². The molecule has 5 nitrogen and oxygen atoms in total. The summed E-state index contributed by atoms with van der Waals surface area (Å²) in [7, 11) is 0. The van der Waals surface area contributed by atoms with Crippen LogP contribution in [0.5, 0.6) is 5.75 Å². The van der Waals surface area contributed by atoms with E-state index in [0.29, 0.717) is 44.6 Å². The van der Waals surface area contributed by atoms with Crippen LogP contribution >= 0.6 is 0 Å². The van der Waals surface area contributed by atoms with Crippen molar-refractivity contribution in [3.63, 3.8) is 0 Å². The third kappa shape index (κ3) is 2.85. The number of carbonyl (C=O) groups excluding carboxylic acids is 1. The SMILES string of the molecule is O=C(OC12CCN(CC1)CC21Cc2cc(-c3ccc4[nH]ccc4c3)ccc2O1)C(F)(F)F. The molecule has 1 N–H and O–H groups in total. The molecule has 0 amide bonds. The first-order valence-electron chi connectivity index (χ1n) is 10.7. The maximum absolute atomic E-state index is 13.1. The second-order valence-corrected chi connectivity index (χ2v) is 9.03. The van der Waals surface area contributed by atoms with Crippen LogP contribution in [-0.2, 0) is 16.0 Å². The van der Waals surface area contributed by atoms with E-state index in [0.717, 1.165) is 27.6 Å². The number of nitrogens with zero attached hydrogens (tertiary/aromatic N) is 1. The van der Waals surface area contributed by atoms with Gasteiger partial charge in [0.2, 0.25) is 0 Å². The number of nitrogens with one attached hydrogen (secondary N) is 1. The average molecular weight is 442 g/mol. The van der Waals surface area contributed by atoms with Crippen molar-refractivity contribution < 1.29 is 27.4 Å². The summed E-state index contributed by atoms with van der Waals surface area (Å²) in [5.74, 6) is -1.49. The molecule has 4 aliphatic heterocycles. The molecular weight excluding hydrogens is 421 g/mol. The number of aromatic nitrogens is 1. The largest absolute Gasteiger partial charge is 0.490 e. The third-order valence-electron chi connectivity index (χ3n) is 7.22. The number of hydrogen-bond donors (Lipinski definition) is 1. The van der Waals surface area contributed by atoms with E-state index in [2.05, 4.69) is 16.0 Å². The van der Waals surface area contributed by atoms with E-state index in [1.807, 2.05) is 42.6 Å². The van der Waals surface area contributed by atoms with E-state index >= 15 is 0 Å². The lowest BCUT2D eigenvalue weighted by atomic mass is 9.69. The molecule has 7 rings (SSSR count). The summed E-state index contributed by atoms with van der Waals surface area (Å²) in [6.07, 6.45) is -2.06. The molecule has 1 unspecified atom stereocenters. The van der Waals surface area contributed by atoms with Gasteiger partial charge < -0.3 is 14.5 Å². The molecule has 32 heavy (non-hydrogen) atoms. The Bertz CT molecular complexity index is 1230. The van der Waals surface area contributed by atoms with E-state index in [-0.39, 0.29) is 0 Å². The normalized spacial score (nSPS) is 28.7. The lowest BCUT2D eigenvalue weighted by Crippen LogP contribution is -2.73. The van der Waals surface area contributed by atoms with Crippen LogP contribution in [0.25, 0.3) is 22.0 Å². The number of rotatable bonds is 2. The third-order valence-corrected chi connectivity index (χ3v) is 7.22. The van der Waals surface area contributed by atoms with Crippen LogP contribution in [0.15, 0.2) is 48.7 Å². The first kappa shape index (κ1) is 19.7. The number of halogens is 3. The van der Waals surface area contributed by atoms with Gasteiger partial charge in [0.25, 0.3) is 0 Å². The maximum Gasteiger partial charge on any atom is 0.490 e. The predicted molar refractivity (Wildman–Crippen MR) is 111 cm³/mol. The molecule has 166 valence electrons. The highest BCUT2D eigenvalue weighted by Crippen LogP contribution is 2.52. The lowest BCUT2D eigenvalue weighted by Gasteiger charge is -2.57. The van der Waals surface area contributed by atoms with Crippen LogP contribution in [-0.4, -0.2) is 52.9 Å². The smallest absolute Gasteiger partial charge is 0.481 e. The highest BCUT2D eigenvalue weighted by Gasteiger charge is 2.65. The van der Waals surface area contributed by atoms with Crippen molar-refractivity contribution in [2.24, 2.45) is 0 Å². The van der Waals surface area contributed by atoms with Gasteiger partial charge in [-0.05, 0) is 52.4 Å². The quantitative estimate of drug-likeness (QED) is 0.596. The Kier molecular flexibility index (Phi) is 4.00. The van der Waals surface area contributed by atoms with E-state index in [1.165, 1.54) is 0 Å². The number of alkyl halides is 3. The van der Waals surface area contributed by atoms with E-state index in [9.17, 15) is 18.0 Å². The van der Waals surface area contributed by atoms with Gasteiger partial charge in [-0.2, -0.15) is 13.2 Å². The zero-order valence-corrected chi connectivity index (χ0v) is 17.2. The Morgan fingerprint density at radius 3 is 2.59 bits per heavy atom. The molecule has 1 spiro atoms. The fourth-order valence-corrected chi connectivity index (χ4v) is 5.59. The van der Waals surface area contributed by atoms with Gasteiger partial charge in [0.15, 0.2) is 11.2 Å². The van der Waals surface area contributed by atoms with Crippen molar-refractivity contribution in [2.75, 3.05) is 19.6 Å². The first-order chi connectivity index (χ1) is 15.3. The summed E-state index contributed by atoms with van der Waals surface area (Å²) >= 11 is 0. The topological polar surface area (TPSA) is 54.6 Å². The van der Waals surface area contributed by atoms with Gasteiger partial charge in [-0.25, -0.2) is 4.79 Å². The first-order valence-corrected chi connectivity index (χ1v) is 10.7. The summed E-state index contributed by atoms with van der Waals surface area (Å²) in [4.78, 5) is 17.2. The molecule has 0 saturated carbocycles. The number of fused-ring (bicyclic) bond motifs is 4. The zero-order valence-electron chi connectivity index (χ0n) is 17.2. The molecule has 0 radical (unpaired) electrons. The van der Waals surface area contributed by atoms with Gasteiger partial charge in [0.1, 0.15) is 5.75 Å². The molecule has 8 heteroatoms. The van der Waals surface area contributed by atoms with Gasteiger partial charge in [-0.3, -0.25) is 4.90 Å². The molecule has 3 aromatic rings. The van der Waals surface area contributed by atoms with Crippen LogP contribution < -0.4 is 4.74 Å². The fraction of sp³-hybridized carbons (Fsp3) is 0.375. The molecule has 1 atom stereocenters. The average Bonchev–Trinajstić information content (AvgIpc) is 3.37. The second kappa shape index (κ2) is 6.51. The van der Waals surface area contributed by atoms with Crippen LogP contribution in [0, 0.1) is 0 Å². The van der Waals surface area contributed by atoms with Gasteiger partial charge >= 0.3 is 12.1 Å². The summed E-state index contributed by atoms with van der Waals surface area (Å²) in [6, 6.07) is 14.0. The maximum atomic E-state index is 13.1. The molecule has 2 aromatic carbocycles. The van der Waals surface area contributed by atoms with Crippen LogP contribution in [0.4, 0.5) is 13.2 Å². The van der Waals surface area contributed by atoms with Gasteiger partial charge in [0.05, 0.1) is 0 Å². The highest BCUT2D eigenvalue weighted by molar-refractivity contribution is 5.85. The zero-order chi connectivity index (χ0) is 22.1. The number of esters is 1.